The zero-order valence-corrected chi connectivity index (χ0v) is 13.5. The second-order valence-electron chi connectivity index (χ2n) is 5.85. The van der Waals surface area contributed by atoms with Crippen molar-refractivity contribution in [2.75, 3.05) is 0 Å². The third-order valence-electron chi connectivity index (χ3n) is 4.23. The van der Waals surface area contributed by atoms with Crippen molar-refractivity contribution in [1.29, 1.82) is 0 Å². The summed E-state index contributed by atoms with van der Waals surface area (Å²) in [5, 5.41) is 0. The van der Waals surface area contributed by atoms with Crippen molar-refractivity contribution >= 4 is 6.29 Å². The van der Waals surface area contributed by atoms with Crippen LogP contribution in [0.5, 0.6) is 0 Å². The van der Waals surface area contributed by atoms with Gasteiger partial charge in [0.25, 0.3) is 0 Å². The molecule has 0 aliphatic rings. The van der Waals surface area contributed by atoms with Gasteiger partial charge in [-0.25, -0.2) is 0 Å². The first kappa shape index (κ1) is 15.5. The van der Waals surface area contributed by atoms with Gasteiger partial charge in [-0.2, -0.15) is 0 Å². The monoisotopic (exact) mass is 280 g/mol. The second-order valence-corrected chi connectivity index (χ2v) is 5.85. The number of aryl methyl sites for hydroxylation is 4. The molecule has 1 heteroatoms. The Morgan fingerprint density at radius 1 is 0.952 bits per heavy atom. The first-order valence-corrected chi connectivity index (χ1v) is 7.73. The Balaban J connectivity index is 2.57. The zero-order valence-electron chi connectivity index (χ0n) is 13.5. The SMILES string of the molecule is CCCCc1cc(-c2c(C)ccc(C)c2C=O)ccc1C. The normalized spacial score (nSPS) is 10.7. The van der Waals surface area contributed by atoms with Crippen LogP contribution in [0.1, 0.15) is 52.4 Å². The highest BCUT2D eigenvalue weighted by Crippen LogP contribution is 2.30. The lowest BCUT2D eigenvalue weighted by Gasteiger charge is -2.14. The lowest BCUT2D eigenvalue weighted by atomic mass is 9.90. The van der Waals surface area contributed by atoms with E-state index in [1.54, 1.807) is 0 Å². The minimum atomic E-state index is 0.820. The summed E-state index contributed by atoms with van der Waals surface area (Å²) in [7, 11) is 0. The molecule has 0 aliphatic heterocycles. The molecule has 0 saturated heterocycles. The molecule has 0 heterocycles. The largest absolute Gasteiger partial charge is 0.298 e. The van der Waals surface area contributed by atoms with E-state index < -0.39 is 0 Å². The van der Waals surface area contributed by atoms with Crippen molar-refractivity contribution in [3.8, 4) is 11.1 Å². The summed E-state index contributed by atoms with van der Waals surface area (Å²) in [6, 6.07) is 10.7. The lowest BCUT2D eigenvalue weighted by Crippen LogP contribution is -1.97. The minimum Gasteiger partial charge on any atom is -0.298 e. The maximum Gasteiger partial charge on any atom is 0.150 e. The first-order chi connectivity index (χ1) is 10.1. The number of aldehydes is 1. The zero-order chi connectivity index (χ0) is 15.4. The molecular weight excluding hydrogens is 256 g/mol. The van der Waals surface area contributed by atoms with Crippen LogP contribution >= 0.6 is 0 Å². The quantitative estimate of drug-likeness (QED) is 0.667. The average molecular weight is 280 g/mol. The summed E-state index contributed by atoms with van der Waals surface area (Å²) in [6.07, 6.45) is 4.51. The van der Waals surface area contributed by atoms with Crippen molar-refractivity contribution in [2.24, 2.45) is 0 Å². The third kappa shape index (κ3) is 3.24. The molecule has 2 aromatic rings. The van der Waals surface area contributed by atoms with Crippen molar-refractivity contribution < 1.29 is 4.79 Å². The molecule has 110 valence electrons. The Morgan fingerprint density at radius 2 is 1.62 bits per heavy atom. The van der Waals surface area contributed by atoms with Gasteiger partial charge in [0, 0.05) is 5.56 Å². The smallest absolute Gasteiger partial charge is 0.150 e. The predicted molar refractivity (Wildman–Crippen MR) is 90.1 cm³/mol. The molecule has 0 atom stereocenters. The molecule has 0 aromatic heterocycles. The molecule has 0 bridgehead atoms. The minimum absolute atomic E-state index is 0.820. The highest BCUT2D eigenvalue weighted by molar-refractivity contribution is 5.91. The molecule has 2 aromatic carbocycles. The fourth-order valence-electron chi connectivity index (χ4n) is 2.83. The fourth-order valence-corrected chi connectivity index (χ4v) is 2.83. The van der Waals surface area contributed by atoms with Gasteiger partial charge in [0.2, 0.25) is 0 Å². The second kappa shape index (κ2) is 6.71. The number of benzene rings is 2. The summed E-state index contributed by atoms with van der Waals surface area (Å²) in [6.45, 7) is 8.46. The van der Waals surface area contributed by atoms with Crippen LogP contribution in [0.2, 0.25) is 0 Å². The van der Waals surface area contributed by atoms with E-state index in [0.29, 0.717) is 0 Å². The van der Waals surface area contributed by atoms with Crippen LogP contribution in [-0.4, -0.2) is 6.29 Å². The van der Waals surface area contributed by atoms with Crippen molar-refractivity contribution in [2.45, 2.75) is 47.0 Å². The first-order valence-electron chi connectivity index (χ1n) is 7.73. The Hall–Kier alpha value is -1.89. The van der Waals surface area contributed by atoms with Gasteiger partial charge in [0.1, 0.15) is 0 Å². The molecule has 0 saturated carbocycles. The predicted octanol–water partition coefficient (Wildman–Crippen LogP) is 5.43. The summed E-state index contributed by atoms with van der Waals surface area (Å²) in [5.41, 5.74) is 8.00. The molecule has 0 fully saturated rings. The van der Waals surface area contributed by atoms with Gasteiger partial charge in [-0.3, -0.25) is 4.79 Å². The maximum absolute atomic E-state index is 11.5. The van der Waals surface area contributed by atoms with Crippen LogP contribution in [0, 0.1) is 20.8 Å². The number of hydrogen-bond acceptors (Lipinski definition) is 1. The highest BCUT2D eigenvalue weighted by atomic mass is 16.1. The van der Waals surface area contributed by atoms with Gasteiger partial charge in [0.15, 0.2) is 6.29 Å². The molecule has 0 N–H and O–H groups in total. The van der Waals surface area contributed by atoms with Crippen molar-refractivity contribution in [3.63, 3.8) is 0 Å². The molecule has 21 heavy (non-hydrogen) atoms. The van der Waals surface area contributed by atoms with Crippen LogP contribution in [0.15, 0.2) is 30.3 Å². The van der Waals surface area contributed by atoms with E-state index in [2.05, 4.69) is 45.0 Å². The van der Waals surface area contributed by atoms with Crippen molar-refractivity contribution in [3.05, 3.63) is 58.1 Å². The van der Waals surface area contributed by atoms with E-state index >= 15 is 0 Å². The van der Waals surface area contributed by atoms with E-state index in [-0.39, 0.29) is 0 Å². The summed E-state index contributed by atoms with van der Waals surface area (Å²) in [5.74, 6) is 0. The molecule has 2 rings (SSSR count). The standard InChI is InChI=1S/C20H24O/c1-5-6-7-17-12-18(11-10-14(17)2)20-16(4)9-8-15(3)19(20)13-21/h8-13H,5-7H2,1-4H3. The Bertz CT molecular complexity index is 653. The molecule has 0 amide bonds. The number of unbranched alkanes of at least 4 members (excludes halogenated alkanes) is 1. The molecule has 0 aliphatic carbocycles. The van der Waals surface area contributed by atoms with E-state index in [1.165, 1.54) is 24.0 Å². The number of carbonyl (C=O) groups excluding carboxylic acids is 1. The fraction of sp³-hybridized carbons (Fsp3) is 0.350. The average Bonchev–Trinajstić information content (AvgIpc) is 2.48. The van der Waals surface area contributed by atoms with E-state index in [0.717, 1.165) is 40.5 Å². The highest BCUT2D eigenvalue weighted by Gasteiger charge is 2.11. The number of hydrogen-bond donors (Lipinski definition) is 0. The van der Waals surface area contributed by atoms with Gasteiger partial charge in [0.05, 0.1) is 0 Å². The maximum atomic E-state index is 11.5. The van der Waals surface area contributed by atoms with E-state index in [4.69, 9.17) is 0 Å². The molecule has 0 radical (unpaired) electrons. The van der Waals surface area contributed by atoms with Crippen LogP contribution in [0.4, 0.5) is 0 Å². The molecule has 0 spiro atoms. The summed E-state index contributed by atoms with van der Waals surface area (Å²) in [4.78, 5) is 11.5. The van der Waals surface area contributed by atoms with Crippen LogP contribution in [0.3, 0.4) is 0 Å². The van der Waals surface area contributed by atoms with Crippen molar-refractivity contribution in [1.82, 2.24) is 0 Å². The Kier molecular flexibility index (Phi) is 4.95. The van der Waals surface area contributed by atoms with Crippen LogP contribution < -0.4 is 0 Å². The number of rotatable bonds is 5. The van der Waals surface area contributed by atoms with E-state index in [1.807, 2.05) is 13.0 Å². The van der Waals surface area contributed by atoms with Gasteiger partial charge in [-0.1, -0.05) is 43.7 Å². The molecule has 1 nitrogen and oxygen atoms in total. The lowest BCUT2D eigenvalue weighted by molar-refractivity contribution is 0.112. The van der Waals surface area contributed by atoms with Crippen LogP contribution in [0.25, 0.3) is 11.1 Å². The summed E-state index contributed by atoms with van der Waals surface area (Å²) < 4.78 is 0. The third-order valence-corrected chi connectivity index (χ3v) is 4.23. The van der Waals surface area contributed by atoms with Gasteiger partial charge in [-0.05, 0) is 67.0 Å². The molecule has 0 unspecified atom stereocenters. The van der Waals surface area contributed by atoms with Crippen LogP contribution in [-0.2, 0) is 6.42 Å². The summed E-state index contributed by atoms with van der Waals surface area (Å²) >= 11 is 0. The molecular formula is C20H24O. The Morgan fingerprint density at radius 3 is 2.29 bits per heavy atom. The van der Waals surface area contributed by atoms with E-state index in [9.17, 15) is 4.79 Å². The van der Waals surface area contributed by atoms with Gasteiger partial charge in [-0.15, -0.1) is 0 Å². The Labute approximate surface area is 128 Å². The number of carbonyl (C=O) groups is 1. The van der Waals surface area contributed by atoms with Gasteiger partial charge < -0.3 is 0 Å². The topological polar surface area (TPSA) is 17.1 Å². The van der Waals surface area contributed by atoms with Gasteiger partial charge >= 0.3 is 0 Å².